The number of nitrogens with one attached hydrogen (secondary N) is 1. The van der Waals surface area contributed by atoms with Crippen LogP contribution in [0.2, 0.25) is 0 Å². The minimum Gasteiger partial charge on any atom is -0.465 e. The molecule has 1 atom stereocenters. The van der Waals surface area contributed by atoms with Crippen LogP contribution in [0.3, 0.4) is 0 Å². The van der Waals surface area contributed by atoms with Crippen molar-refractivity contribution in [3.05, 3.63) is 29.3 Å². The van der Waals surface area contributed by atoms with E-state index in [0.29, 0.717) is 11.6 Å². The van der Waals surface area contributed by atoms with Gasteiger partial charge in [0.2, 0.25) is 0 Å². The number of aryl methyl sites for hydroxylation is 1. The summed E-state index contributed by atoms with van der Waals surface area (Å²) >= 11 is 0. The normalized spacial score (nSPS) is 19.6. The van der Waals surface area contributed by atoms with Crippen molar-refractivity contribution < 1.29 is 14.3 Å². The summed E-state index contributed by atoms with van der Waals surface area (Å²) in [5.41, 5.74) is 2.73. The zero-order valence-electron chi connectivity index (χ0n) is 11.6. The second-order valence-electron chi connectivity index (χ2n) is 4.91. The third-order valence-corrected chi connectivity index (χ3v) is 3.47. The topological polar surface area (TPSA) is 47.6 Å². The second-order valence-corrected chi connectivity index (χ2v) is 4.91. The molecule has 1 aliphatic rings. The van der Waals surface area contributed by atoms with Crippen LogP contribution in [0.4, 0.5) is 5.69 Å². The van der Waals surface area contributed by atoms with E-state index in [1.54, 1.807) is 6.07 Å². The number of hydrogen-bond acceptors (Lipinski definition) is 4. The molecule has 2 rings (SSSR count). The summed E-state index contributed by atoms with van der Waals surface area (Å²) in [4.78, 5) is 11.6. The van der Waals surface area contributed by atoms with Crippen molar-refractivity contribution in [3.63, 3.8) is 0 Å². The van der Waals surface area contributed by atoms with E-state index in [1.807, 2.05) is 19.1 Å². The van der Waals surface area contributed by atoms with Gasteiger partial charge in [0.25, 0.3) is 0 Å². The van der Waals surface area contributed by atoms with Crippen LogP contribution < -0.4 is 5.32 Å². The Hall–Kier alpha value is -1.55. The predicted octanol–water partition coefficient (Wildman–Crippen LogP) is 2.76. The van der Waals surface area contributed by atoms with Crippen molar-refractivity contribution in [1.82, 2.24) is 0 Å². The summed E-state index contributed by atoms with van der Waals surface area (Å²) in [6, 6.07) is 6.02. The van der Waals surface area contributed by atoms with E-state index in [2.05, 4.69) is 5.32 Å². The summed E-state index contributed by atoms with van der Waals surface area (Å²) in [7, 11) is 1.40. The van der Waals surface area contributed by atoms with Crippen molar-refractivity contribution in [2.45, 2.75) is 32.2 Å². The maximum absolute atomic E-state index is 11.6. The summed E-state index contributed by atoms with van der Waals surface area (Å²) in [5, 5.41) is 3.52. The lowest BCUT2D eigenvalue weighted by atomic mass is 10.1. The largest absolute Gasteiger partial charge is 0.465 e. The van der Waals surface area contributed by atoms with Crippen LogP contribution in [-0.4, -0.2) is 32.3 Å². The van der Waals surface area contributed by atoms with E-state index in [4.69, 9.17) is 9.47 Å². The van der Waals surface area contributed by atoms with Gasteiger partial charge in [0.15, 0.2) is 0 Å². The fourth-order valence-electron chi connectivity index (χ4n) is 2.29. The Morgan fingerprint density at radius 1 is 1.37 bits per heavy atom. The highest BCUT2D eigenvalue weighted by Crippen LogP contribution is 2.21. The highest BCUT2D eigenvalue weighted by molar-refractivity contribution is 5.90. The zero-order chi connectivity index (χ0) is 13.7. The van der Waals surface area contributed by atoms with E-state index in [-0.39, 0.29) is 5.97 Å². The van der Waals surface area contributed by atoms with E-state index in [9.17, 15) is 4.79 Å². The van der Waals surface area contributed by atoms with Gasteiger partial charge in [0.05, 0.1) is 12.7 Å². The Labute approximate surface area is 114 Å². The summed E-state index contributed by atoms with van der Waals surface area (Å²) in [6.07, 6.45) is 3.18. The van der Waals surface area contributed by atoms with Crippen LogP contribution in [0, 0.1) is 6.92 Å². The molecule has 104 valence electrons. The van der Waals surface area contributed by atoms with Crippen LogP contribution in [0.1, 0.15) is 35.2 Å². The first-order valence-corrected chi connectivity index (χ1v) is 6.74. The number of esters is 1. The van der Waals surface area contributed by atoms with Gasteiger partial charge in [0, 0.05) is 24.9 Å². The molecule has 0 spiro atoms. The highest BCUT2D eigenvalue weighted by atomic mass is 16.5. The third kappa shape index (κ3) is 3.70. The summed E-state index contributed by atoms with van der Waals surface area (Å²) in [5.74, 6) is -0.299. The molecule has 19 heavy (non-hydrogen) atoms. The minimum atomic E-state index is -0.299. The fraction of sp³-hybridized carbons (Fsp3) is 0.533. The Morgan fingerprint density at radius 2 is 2.21 bits per heavy atom. The highest BCUT2D eigenvalue weighted by Gasteiger charge is 2.14. The van der Waals surface area contributed by atoms with Crippen LogP contribution >= 0.6 is 0 Å². The number of methoxy groups -OCH3 is 1. The molecule has 1 aromatic carbocycles. The molecular weight excluding hydrogens is 242 g/mol. The smallest absolute Gasteiger partial charge is 0.337 e. The molecule has 4 nitrogen and oxygen atoms in total. The van der Waals surface area contributed by atoms with E-state index in [0.717, 1.165) is 43.7 Å². The Bertz CT molecular complexity index is 437. The first-order valence-electron chi connectivity index (χ1n) is 6.74. The summed E-state index contributed by atoms with van der Waals surface area (Å²) in [6.45, 7) is 3.68. The standard InChI is InChI=1S/C15H21NO3/c1-11-5-6-12(15(17)18-2)10-14(11)16-13-4-3-8-19-9-7-13/h5-6,10,13,16H,3-4,7-9H2,1-2H3. The van der Waals surface area contributed by atoms with Crippen molar-refractivity contribution in [2.75, 3.05) is 25.6 Å². The number of carbonyl (C=O) groups excluding carboxylic acids is 1. The maximum Gasteiger partial charge on any atom is 0.337 e. The van der Waals surface area contributed by atoms with Crippen molar-refractivity contribution >= 4 is 11.7 Å². The lowest BCUT2D eigenvalue weighted by Crippen LogP contribution is -2.20. The van der Waals surface area contributed by atoms with E-state index in [1.165, 1.54) is 7.11 Å². The number of ether oxygens (including phenoxy) is 2. The van der Waals surface area contributed by atoms with Crippen LogP contribution in [0.5, 0.6) is 0 Å². The molecule has 0 radical (unpaired) electrons. The van der Waals surface area contributed by atoms with Gasteiger partial charge >= 0.3 is 5.97 Å². The molecule has 1 aliphatic heterocycles. The Morgan fingerprint density at radius 3 is 3.00 bits per heavy atom. The van der Waals surface area contributed by atoms with Crippen LogP contribution in [0.15, 0.2) is 18.2 Å². The molecule has 1 fully saturated rings. The molecule has 0 bridgehead atoms. The number of carbonyl (C=O) groups is 1. The minimum absolute atomic E-state index is 0.299. The van der Waals surface area contributed by atoms with Gasteiger partial charge in [-0.25, -0.2) is 4.79 Å². The van der Waals surface area contributed by atoms with Gasteiger partial charge in [-0.05, 0) is 43.9 Å². The second kappa shape index (κ2) is 6.57. The Kier molecular flexibility index (Phi) is 4.80. The number of anilines is 1. The average molecular weight is 263 g/mol. The van der Waals surface area contributed by atoms with Gasteiger partial charge < -0.3 is 14.8 Å². The van der Waals surface area contributed by atoms with E-state index < -0.39 is 0 Å². The molecule has 0 saturated carbocycles. The first-order chi connectivity index (χ1) is 9.20. The maximum atomic E-state index is 11.6. The predicted molar refractivity (Wildman–Crippen MR) is 74.6 cm³/mol. The molecule has 1 heterocycles. The molecule has 0 aromatic heterocycles. The van der Waals surface area contributed by atoms with Crippen molar-refractivity contribution in [2.24, 2.45) is 0 Å². The van der Waals surface area contributed by atoms with Gasteiger partial charge in [-0.1, -0.05) is 6.07 Å². The monoisotopic (exact) mass is 263 g/mol. The van der Waals surface area contributed by atoms with Crippen molar-refractivity contribution in [1.29, 1.82) is 0 Å². The molecule has 4 heteroatoms. The first kappa shape index (κ1) is 13.9. The fourth-order valence-corrected chi connectivity index (χ4v) is 2.29. The SMILES string of the molecule is COC(=O)c1ccc(C)c(NC2CCCOCC2)c1. The van der Waals surface area contributed by atoms with Gasteiger partial charge in [-0.3, -0.25) is 0 Å². The molecule has 1 N–H and O–H groups in total. The molecule has 1 saturated heterocycles. The molecule has 0 amide bonds. The van der Waals surface area contributed by atoms with Gasteiger partial charge in [-0.15, -0.1) is 0 Å². The third-order valence-electron chi connectivity index (χ3n) is 3.47. The van der Waals surface area contributed by atoms with Crippen LogP contribution in [0.25, 0.3) is 0 Å². The quantitative estimate of drug-likeness (QED) is 0.852. The Balaban J connectivity index is 2.11. The number of benzene rings is 1. The van der Waals surface area contributed by atoms with Gasteiger partial charge in [-0.2, -0.15) is 0 Å². The zero-order valence-corrected chi connectivity index (χ0v) is 11.6. The van der Waals surface area contributed by atoms with Crippen LogP contribution in [-0.2, 0) is 9.47 Å². The average Bonchev–Trinajstić information content (AvgIpc) is 2.69. The van der Waals surface area contributed by atoms with Crippen molar-refractivity contribution in [3.8, 4) is 0 Å². The lowest BCUT2D eigenvalue weighted by Gasteiger charge is -2.19. The summed E-state index contributed by atoms with van der Waals surface area (Å²) < 4.78 is 10.2. The molecular formula is C15H21NO3. The van der Waals surface area contributed by atoms with Gasteiger partial charge in [0.1, 0.15) is 0 Å². The molecule has 0 aliphatic carbocycles. The molecule has 1 unspecified atom stereocenters. The van der Waals surface area contributed by atoms with E-state index >= 15 is 0 Å². The number of rotatable bonds is 3. The lowest BCUT2D eigenvalue weighted by molar-refractivity contribution is 0.0601. The molecule has 1 aromatic rings. The number of hydrogen-bond donors (Lipinski definition) is 1.